The maximum atomic E-state index is 12.0. The molecule has 132 valence electrons. The van der Waals surface area contributed by atoms with Crippen molar-refractivity contribution in [3.05, 3.63) is 99.9 Å². The van der Waals surface area contributed by atoms with Crippen LogP contribution in [0.2, 0.25) is 5.02 Å². The molecule has 0 radical (unpaired) electrons. The number of benzene rings is 3. The molecule has 0 N–H and O–H groups in total. The number of nitrogens with zero attached hydrogens (tertiary/aromatic N) is 1. The third-order valence-corrected chi connectivity index (χ3v) is 4.67. The number of hydrogen-bond donors (Lipinski definition) is 0. The first-order valence-corrected chi connectivity index (χ1v) is 8.68. The zero-order valence-corrected chi connectivity index (χ0v) is 14.9. The van der Waals surface area contributed by atoms with E-state index in [-0.39, 0.29) is 10.6 Å². The van der Waals surface area contributed by atoms with Crippen molar-refractivity contribution in [3.8, 4) is 0 Å². The van der Waals surface area contributed by atoms with Gasteiger partial charge in [0, 0.05) is 28.5 Å². The van der Waals surface area contributed by atoms with Crippen molar-refractivity contribution in [2.45, 2.75) is 0 Å². The largest absolute Gasteiger partial charge is 0.422 e. The third-order valence-electron chi connectivity index (χ3n) is 4.27. The molecule has 3 aromatic carbocycles. The summed E-state index contributed by atoms with van der Waals surface area (Å²) in [6, 6.07) is 25.1. The average Bonchev–Trinajstić information content (AvgIpc) is 2.70. The van der Waals surface area contributed by atoms with Gasteiger partial charge in [0.05, 0.1) is 5.02 Å². The second kappa shape index (κ2) is 7.09. The van der Waals surface area contributed by atoms with Crippen molar-refractivity contribution >= 4 is 45.9 Å². The molecule has 0 aliphatic rings. The van der Waals surface area contributed by atoms with Crippen LogP contribution in [0, 0.1) is 0 Å². The number of aldehydes is 1. The minimum absolute atomic E-state index is 0.105. The molecule has 0 saturated carbocycles. The van der Waals surface area contributed by atoms with Crippen molar-refractivity contribution in [1.82, 2.24) is 0 Å². The van der Waals surface area contributed by atoms with Gasteiger partial charge >= 0.3 is 5.63 Å². The van der Waals surface area contributed by atoms with Crippen molar-refractivity contribution in [3.63, 3.8) is 0 Å². The zero-order chi connectivity index (χ0) is 18.8. The lowest BCUT2D eigenvalue weighted by atomic mass is 10.1. The van der Waals surface area contributed by atoms with E-state index in [1.54, 1.807) is 12.1 Å². The minimum atomic E-state index is -0.745. The Morgan fingerprint density at radius 3 is 1.96 bits per heavy atom. The Morgan fingerprint density at radius 1 is 0.815 bits per heavy atom. The van der Waals surface area contributed by atoms with E-state index in [9.17, 15) is 9.59 Å². The van der Waals surface area contributed by atoms with Crippen LogP contribution < -0.4 is 10.5 Å². The van der Waals surface area contributed by atoms with Gasteiger partial charge in [0.15, 0.2) is 6.29 Å². The van der Waals surface area contributed by atoms with Crippen molar-refractivity contribution < 1.29 is 9.21 Å². The minimum Gasteiger partial charge on any atom is -0.422 e. The van der Waals surface area contributed by atoms with Crippen molar-refractivity contribution in [2.24, 2.45) is 0 Å². The summed E-state index contributed by atoms with van der Waals surface area (Å²) in [4.78, 5) is 25.1. The fourth-order valence-corrected chi connectivity index (χ4v) is 3.28. The van der Waals surface area contributed by atoms with E-state index in [4.69, 9.17) is 16.0 Å². The second-order valence-electron chi connectivity index (χ2n) is 5.92. The normalized spacial score (nSPS) is 10.7. The predicted octanol–water partition coefficient (Wildman–Crippen LogP) is 5.73. The van der Waals surface area contributed by atoms with Crippen LogP contribution in [0.25, 0.3) is 11.0 Å². The van der Waals surface area contributed by atoms with E-state index in [2.05, 4.69) is 0 Å². The molecule has 4 nitrogen and oxygen atoms in total. The Kier molecular flexibility index (Phi) is 4.48. The Bertz CT molecular complexity index is 1130. The third kappa shape index (κ3) is 3.11. The summed E-state index contributed by atoms with van der Waals surface area (Å²) in [7, 11) is 0. The van der Waals surface area contributed by atoms with Crippen LogP contribution in [0.1, 0.15) is 10.4 Å². The number of hydrogen-bond acceptors (Lipinski definition) is 4. The summed E-state index contributed by atoms with van der Waals surface area (Å²) in [5, 5.41) is 0.622. The lowest BCUT2D eigenvalue weighted by Crippen LogP contribution is -2.11. The molecule has 0 fully saturated rings. The van der Waals surface area contributed by atoms with E-state index in [0.717, 1.165) is 17.1 Å². The number of fused-ring (bicyclic) bond motifs is 1. The first-order valence-electron chi connectivity index (χ1n) is 8.31. The van der Waals surface area contributed by atoms with Crippen LogP contribution >= 0.6 is 11.6 Å². The summed E-state index contributed by atoms with van der Waals surface area (Å²) in [6.45, 7) is 0. The van der Waals surface area contributed by atoms with Gasteiger partial charge in [-0.2, -0.15) is 0 Å². The first-order chi connectivity index (χ1) is 13.2. The Hall–Kier alpha value is -3.37. The molecule has 1 aromatic heterocycles. The summed E-state index contributed by atoms with van der Waals surface area (Å²) in [5.41, 5.74) is 2.13. The molecule has 0 spiro atoms. The molecule has 0 bridgehead atoms. The van der Waals surface area contributed by atoms with Gasteiger partial charge in [0.1, 0.15) is 11.1 Å². The summed E-state index contributed by atoms with van der Waals surface area (Å²) >= 11 is 6.21. The highest BCUT2D eigenvalue weighted by molar-refractivity contribution is 6.37. The number of anilines is 3. The van der Waals surface area contributed by atoms with Gasteiger partial charge < -0.3 is 9.32 Å². The average molecular weight is 376 g/mol. The maximum absolute atomic E-state index is 12.0. The summed E-state index contributed by atoms with van der Waals surface area (Å²) < 4.78 is 5.33. The molecular weight excluding hydrogens is 362 g/mol. The Morgan fingerprint density at radius 2 is 1.41 bits per heavy atom. The number of rotatable bonds is 4. The van der Waals surface area contributed by atoms with Gasteiger partial charge in [-0.1, -0.05) is 48.0 Å². The van der Waals surface area contributed by atoms with Gasteiger partial charge in [0.2, 0.25) is 0 Å². The van der Waals surface area contributed by atoms with E-state index >= 15 is 0 Å². The molecule has 0 saturated heterocycles. The lowest BCUT2D eigenvalue weighted by Gasteiger charge is -2.25. The molecule has 0 aliphatic heterocycles. The van der Waals surface area contributed by atoms with Crippen molar-refractivity contribution in [2.75, 3.05) is 4.90 Å². The molecule has 5 heteroatoms. The topological polar surface area (TPSA) is 50.5 Å². The van der Waals surface area contributed by atoms with Gasteiger partial charge in [-0.3, -0.25) is 4.79 Å². The fourth-order valence-electron chi connectivity index (χ4n) is 3.01. The molecule has 0 unspecified atom stereocenters. The van der Waals surface area contributed by atoms with E-state index in [1.807, 2.05) is 71.6 Å². The lowest BCUT2D eigenvalue weighted by molar-refractivity contribution is 0.112. The monoisotopic (exact) mass is 375 g/mol. The maximum Gasteiger partial charge on any atom is 0.348 e. The van der Waals surface area contributed by atoms with E-state index in [0.29, 0.717) is 17.3 Å². The van der Waals surface area contributed by atoms with Gasteiger partial charge in [-0.25, -0.2) is 4.79 Å². The second-order valence-corrected chi connectivity index (χ2v) is 6.30. The summed E-state index contributed by atoms with van der Waals surface area (Å²) in [5.74, 6) is 0. The number of carbonyl (C=O) groups excluding carboxylic acids is 1. The molecule has 4 aromatic rings. The highest BCUT2D eigenvalue weighted by atomic mass is 35.5. The van der Waals surface area contributed by atoms with Gasteiger partial charge in [-0.15, -0.1) is 0 Å². The molecule has 0 amide bonds. The van der Waals surface area contributed by atoms with Crippen LogP contribution in [0.4, 0.5) is 17.1 Å². The van der Waals surface area contributed by atoms with Crippen LogP contribution in [0.15, 0.2) is 88.1 Å². The highest BCUT2D eigenvalue weighted by Gasteiger charge is 2.16. The number of para-hydroxylation sites is 2. The van der Waals surface area contributed by atoms with Gasteiger partial charge in [-0.05, 0) is 36.4 Å². The molecule has 0 aliphatic carbocycles. The smallest absolute Gasteiger partial charge is 0.348 e. The molecule has 0 atom stereocenters. The summed E-state index contributed by atoms with van der Waals surface area (Å²) in [6.07, 6.45) is 0.418. The number of carbonyl (C=O) groups is 1. The van der Waals surface area contributed by atoms with Crippen LogP contribution in [-0.2, 0) is 0 Å². The predicted molar refractivity (Wildman–Crippen MR) is 108 cm³/mol. The first kappa shape index (κ1) is 17.1. The fraction of sp³-hybridized carbons (Fsp3) is 0. The van der Waals surface area contributed by atoms with E-state index < -0.39 is 5.63 Å². The zero-order valence-electron chi connectivity index (χ0n) is 14.1. The molecule has 4 rings (SSSR count). The van der Waals surface area contributed by atoms with Crippen LogP contribution in [0.3, 0.4) is 0 Å². The molecule has 27 heavy (non-hydrogen) atoms. The number of halogens is 1. The van der Waals surface area contributed by atoms with Crippen LogP contribution in [-0.4, -0.2) is 6.29 Å². The van der Waals surface area contributed by atoms with Gasteiger partial charge in [0.25, 0.3) is 0 Å². The quantitative estimate of drug-likeness (QED) is 0.337. The molecule has 1 heterocycles. The SMILES string of the molecule is O=Cc1c(Cl)c2ccc(N(c3ccccc3)c3ccccc3)cc2oc1=O. The highest BCUT2D eigenvalue weighted by Crippen LogP contribution is 2.36. The Labute approximate surface area is 160 Å². The van der Waals surface area contributed by atoms with E-state index in [1.165, 1.54) is 0 Å². The standard InChI is InChI=1S/C22H14ClNO3/c23-21-18-12-11-17(13-20(18)27-22(26)19(21)14-25)24(15-7-3-1-4-8-15)16-9-5-2-6-10-16/h1-14H. The van der Waals surface area contributed by atoms with Crippen molar-refractivity contribution in [1.29, 1.82) is 0 Å². The van der Waals surface area contributed by atoms with Crippen LogP contribution in [0.5, 0.6) is 0 Å². The molecular formula is C22H14ClNO3. The Balaban J connectivity index is 1.94.